The van der Waals surface area contributed by atoms with Crippen molar-refractivity contribution in [1.29, 1.82) is 0 Å². The van der Waals surface area contributed by atoms with Crippen LogP contribution in [0.2, 0.25) is 0 Å². The van der Waals surface area contributed by atoms with Crippen LogP contribution in [0.1, 0.15) is 11.3 Å². The molecule has 0 radical (unpaired) electrons. The number of hydrogen-bond donors (Lipinski definition) is 0. The molecular formula is C5H6ClNO3S. The molecule has 0 N–H and O–H groups in total. The predicted molar refractivity (Wildman–Crippen MR) is 39.7 cm³/mol. The van der Waals surface area contributed by atoms with Gasteiger partial charge in [0, 0.05) is 16.2 Å². The first-order valence-corrected chi connectivity index (χ1v) is 5.29. The molecule has 1 aromatic heterocycles. The van der Waals surface area contributed by atoms with Crippen molar-refractivity contribution < 1.29 is 12.9 Å². The van der Waals surface area contributed by atoms with Crippen LogP contribution in [-0.4, -0.2) is 13.6 Å². The Morgan fingerprint density at radius 3 is 2.73 bits per heavy atom. The Kier molecular flexibility index (Phi) is 2.20. The minimum absolute atomic E-state index is 0.281. The largest absolute Gasteiger partial charge is 0.364 e. The average molecular weight is 196 g/mol. The van der Waals surface area contributed by atoms with Crippen molar-refractivity contribution in [3.05, 3.63) is 17.5 Å². The van der Waals surface area contributed by atoms with Gasteiger partial charge in [0.15, 0.2) is 0 Å². The molecule has 1 aromatic rings. The highest BCUT2D eigenvalue weighted by molar-refractivity contribution is 8.13. The number of aromatic nitrogens is 1. The lowest BCUT2D eigenvalue weighted by atomic mass is 10.3. The van der Waals surface area contributed by atoms with Crippen LogP contribution in [0.15, 0.2) is 10.8 Å². The van der Waals surface area contributed by atoms with Gasteiger partial charge in [-0.3, -0.25) is 0 Å². The van der Waals surface area contributed by atoms with Gasteiger partial charge in [-0.1, -0.05) is 5.16 Å². The monoisotopic (exact) mass is 195 g/mol. The normalized spacial score (nSPS) is 11.8. The summed E-state index contributed by atoms with van der Waals surface area (Å²) in [6, 6.07) is 0. The van der Waals surface area contributed by atoms with E-state index in [1.807, 2.05) is 0 Å². The van der Waals surface area contributed by atoms with E-state index in [1.165, 1.54) is 6.26 Å². The minimum atomic E-state index is -3.52. The number of nitrogens with zero attached hydrogens (tertiary/aromatic N) is 1. The van der Waals surface area contributed by atoms with Gasteiger partial charge >= 0.3 is 0 Å². The Morgan fingerprint density at radius 1 is 1.73 bits per heavy atom. The molecule has 0 aliphatic heterocycles. The molecule has 0 fully saturated rings. The second-order valence-electron chi connectivity index (χ2n) is 2.13. The Morgan fingerprint density at radius 2 is 2.36 bits per heavy atom. The van der Waals surface area contributed by atoms with Crippen LogP contribution in [0.4, 0.5) is 0 Å². The first kappa shape index (κ1) is 8.55. The van der Waals surface area contributed by atoms with Crippen molar-refractivity contribution in [1.82, 2.24) is 5.16 Å². The summed E-state index contributed by atoms with van der Waals surface area (Å²) in [5.74, 6) is -0.281. The lowest BCUT2D eigenvalue weighted by Gasteiger charge is -1.89. The van der Waals surface area contributed by atoms with Crippen molar-refractivity contribution >= 4 is 19.7 Å². The first-order valence-electron chi connectivity index (χ1n) is 2.81. The van der Waals surface area contributed by atoms with Crippen molar-refractivity contribution in [2.24, 2.45) is 0 Å². The van der Waals surface area contributed by atoms with Crippen molar-refractivity contribution in [2.75, 3.05) is 0 Å². The van der Waals surface area contributed by atoms with Gasteiger partial charge in [-0.2, -0.15) is 0 Å². The fourth-order valence-corrected chi connectivity index (χ4v) is 1.53. The highest BCUT2D eigenvalue weighted by atomic mass is 35.7. The van der Waals surface area contributed by atoms with Crippen LogP contribution < -0.4 is 0 Å². The van der Waals surface area contributed by atoms with Gasteiger partial charge < -0.3 is 4.52 Å². The van der Waals surface area contributed by atoms with E-state index >= 15 is 0 Å². The summed E-state index contributed by atoms with van der Waals surface area (Å²) in [7, 11) is 1.47. The van der Waals surface area contributed by atoms with E-state index < -0.39 is 9.05 Å². The van der Waals surface area contributed by atoms with Gasteiger partial charge in [0.2, 0.25) is 9.05 Å². The molecule has 1 heterocycles. The molecule has 6 heteroatoms. The molecule has 62 valence electrons. The summed E-state index contributed by atoms with van der Waals surface area (Å²) in [4.78, 5) is 0. The average Bonchev–Trinajstić information content (AvgIpc) is 2.12. The zero-order valence-electron chi connectivity index (χ0n) is 5.74. The van der Waals surface area contributed by atoms with E-state index in [2.05, 4.69) is 9.68 Å². The third-order valence-corrected chi connectivity index (χ3v) is 2.10. The van der Waals surface area contributed by atoms with Gasteiger partial charge in [-0.25, -0.2) is 8.42 Å². The molecule has 11 heavy (non-hydrogen) atoms. The molecule has 0 aromatic carbocycles. The van der Waals surface area contributed by atoms with E-state index in [1.54, 1.807) is 6.92 Å². The van der Waals surface area contributed by atoms with E-state index in [9.17, 15) is 8.42 Å². The molecule has 0 aliphatic rings. The smallest absolute Gasteiger partial charge is 0.238 e. The zero-order valence-corrected chi connectivity index (χ0v) is 7.32. The summed E-state index contributed by atoms with van der Waals surface area (Å²) in [6.45, 7) is 1.70. The third-order valence-electron chi connectivity index (χ3n) is 1.16. The quantitative estimate of drug-likeness (QED) is 0.662. The topological polar surface area (TPSA) is 60.2 Å². The van der Waals surface area contributed by atoms with Crippen LogP contribution in [-0.2, 0) is 14.8 Å². The SMILES string of the molecule is Cc1conc1CS(=O)(=O)Cl. The van der Waals surface area contributed by atoms with Crippen molar-refractivity contribution in [3.8, 4) is 0 Å². The molecule has 0 saturated carbocycles. The van der Waals surface area contributed by atoms with Gasteiger partial charge in [0.1, 0.15) is 17.7 Å². The number of halogens is 1. The van der Waals surface area contributed by atoms with Crippen molar-refractivity contribution in [2.45, 2.75) is 12.7 Å². The third kappa shape index (κ3) is 2.51. The van der Waals surface area contributed by atoms with E-state index in [0.29, 0.717) is 11.3 Å². The van der Waals surface area contributed by atoms with Gasteiger partial charge in [0.25, 0.3) is 0 Å². The molecule has 0 amide bonds. The molecular weight excluding hydrogens is 190 g/mol. The Bertz CT molecular complexity index is 342. The first-order chi connectivity index (χ1) is 4.99. The summed E-state index contributed by atoms with van der Waals surface area (Å²) in [5, 5.41) is 3.46. The summed E-state index contributed by atoms with van der Waals surface area (Å²) >= 11 is 0. The van der Waals surface area contributed by atoms with Crippen LogP contribution in [0.5, 0.6) is 0 Å². The molecule has 0 atom stereocenters. The molecule has 0 unspecified atom stereocenters. The Labute approximate surface area is 68.6 Å². The molecule has 0 bridgehead atoms. The summed E-state index contributed by atoms with van der Waals surface area (Å²) < 4.78 is 25.6. The number of hydrogen-bond acceptors (Lipinski definition) is 4. The highest BCUT2D eigenvalue weighted by Gasteiger charge is 2.12. The maximum atomic E-state index is 10.5. The second kappa shape index (κ2) is 2.83. The summed E-state index contributed by atoms with van der Waals surface area (Å²) in [6.07, 6.45) is 1.37. The number of rotatable bonds is 2. The van der Waals surface area contributed by atoms with Crippen LogP contribution in [0.25, 0.3) is 0 Å². The lowest BCUT2D eigenvalue weighted by Crippen LogP contribution is -1.96. The molecule has 0 saturated heterocycles. The minimum Gasteiger partial charge on any atom is -0.364 e. The highest BCUT2D eigenvalue weighted by Crippen LogP contribution is 2.11. The maximum absolute atomic E-state index is 10.5. The van der Waals surface area contributed by atoms with Gasteiger partial charge in [-0.15, -0.1) is 0 Å². The van der Waals surface area contributed by atoms with Crippen LogP contribution in [0.3, 0.4) is 0 Å². The van der Waals surface area contributed by atoms with Crippen LogP contribution in [0, 0.1) is 6.92 Å². The van der Waals surface area contributed by atoms with Crippen molar-refractivity contribution in [3.63, 3.8) is 0 Å². The summed E-state index contributed by atoms with van der Waals surface area (Å²) in [5.41, 5.74) is 1.05. The molecule has 1 rings (SSSR count). The number of aryl methyl sites for hydroxylation is 1. The lowest BCUT2D eigenvalue weighted by molar-refractivity contribution is 0.413. The van der Waals surface area contributed by atoms with E-state index in [-0.39, 0.29) is 5.75 Å². The molecule has 0 spiro atoms. The maximum Gasteiger partial charge on any atom is 0.238 e. The standard InChI is InChI=1S/C5H6ClNO3S/c1-4-2-10-7-5(4)3-11(6,8)9/h2H,3H2,1H3. The molecule has 0 aliphatic carbocycles. The van der Waals surface area contributed by atoms with E-state index in [4.69, 9.17) is 10.7 Å². The molecule has 4 nitrogen and oxygen atoms in total. The Hall–Kier alpha value is -0.550. The second-order valence-corrected chi connectivity index (χ2v) is 4.90. The fourth-order valence-electron chi connectivity index (χ4n) is 0.613. The van der Waals surface area contributed by atoms with Crippen LogP contribution >= 0.6 is 10.7 Å². The van der Waals surface area contributed by atoms with Gasteiger partial charge in [-0.05, 0) is 6.92 Å². The van der Waals surface area contributed by atoms with E-state index in [0.717, 1.165) is 0 Å². The fraction of sp³-hybridized carbons (Fsp3) is 0.400. The van der Waals surface area contributed by atoms with Gasteiger partial charge in [0.05, 0.1) is 0 Å². The zero-order chi connectivity index (χ0) is 8.48. The Balaban J connectivity index is 2.89. The predicted octanol–water partition coefficient (Wildman–Crippen LogP) is 1.05.